The Labute approximate surface area is 206 Å². The largest absolute Gasteiger partial charge is 0.370 e. The number of rotatable bonds is 6. The van der Waals surface area contributed by atoms with E-state index in [1.54, 1.807) is 18.2 Å². The van der Waals surface area contributed by atoms with Gasteiger partial charge in [-0.05, 0) is 38.0 Å². The van der Waals surface area contributed by atoms with Crippen LogP contribution in [0.25, 0.3) is 0 Å². The van der Waals surface area contributed by atoms with Gasteiger partial charge in [0.25, 0.3) is 5.91 Å². The Bertz CT molecular complexity index is 1090. The summed E-state index contributed by atoms with van der Waals surface area (Å²) in [5.74, 6) is -1.20. The van der Waals surface area contributed by atoms with Crippen molar-refractivity contribution >= 4 is 11.8 Å². The molecule has 0 aromatic heterocycles. The highest BCUT2D eigenvalue weighted by Gasteiger charge is 2.61. The molecule has 7 nitrogen and oxygen atoms in total. The van der Waals surface area contributed by atoms with Crippen molar-refractivity contribution in [2.45, 2.75) is 43.9 Å². The monoisotopic (exact) mass is 476 g/mol. The molecule has 2 N–H and O–H groups in total. The Morgan fingerprint density at radius 2 is 1.83 bits per heavy atom. The number of carbonyl (C=O) groups is 2. The summed E-state index contributed by atoms with van der Waals surface area (Å²) in [5.41, 5.74) is 1.21. The number of nitrogens with one attached hydrogen (secondary N) is 2. The molecular formula is C28H32N2O5. The Balaban J connectivity index is 1.39. The van der Waals surface area contributed by atoms with Crippen LogP contribution in [0.3, 0.4) is 0 Å². The maximum atomic E-state index is 12.9. The van der Waals surface area contributed by atoms with E-state index in [0.29, 0.717) is 17.6 Å². The molecule has 7 heteroatoms. The fourth-order valence-electron chi connectivity index (χ4n) is 4.46. The van der Waals surface area contributed by atoms with Crippen LogP contribution in [0.15, 0.2) is 90.6 Å². The molecule has 0 saturated carbocycles. The predicted octanol–water partition coefficient (Wildman–Crippen LogP) is 3.38. The van der Waals surface area contributed by atoms with Crippen molar-refractivity contribution in [3.63, 3.8) is 0 Å². The van der Waals surface area contributed by atoms with Crippen LogP contribution in [-0.4, -0.2) is 55.1 Å². The fourth-order valence-corrected chi connectivity index (χ4v) is 4.46. The molecule has 2 heterocycles. The first-order valence-corrected chi connectivity index (χ1v) is 11.8. The van der Waals surface area contributed by atoms with Crippen LogP contribution in [0.5, 0.6) is 0 Å². The Kier molecular flexibility index (Phi) is 7.50. The number of hydrogen-bond donors (Lipinski definition) is 2. The number of amides is 2. The van der Waals surface area contributed by atoms with Gasteiger partial charge >= 0.3 is 0 Å². The molecule has 0 unspecified atom stereocenters. The van der Waals surface area contributed by atoms with E-state index in [2.05, 4.69) is 17.2 Å². The molecule has 1 aromatic carbocycles. The second kappa shape index (κ2) is 10.6. The number of hydrogen-bond acceptors (Lipinski definition) is 5. The summed E-state index contributed by atoms with van der Waals surface area (Å²) in [5, 5.41) is 5.93. The predicted molar refractivity (Wildman–Crippen MR) is 134 cm³/mol. The zero-order valence-electron chi connectivity index (χ0n) is 20.2. The number of fused-ring (bicyclic) bond motifs is 1. The van der Waals surface area contributed by atoms with Gasteiger partial charge in [-0.1, -0.05) is 67.3 Å². The van der Waals surface area contributed by atoms with Gasteiger partial charge in [0.05, 0.1) is 13.2 Å². The lowest BCUT2D eigenvalue weighted by atomic mass is 9.96. The summed E-state index contributed by atoms with van der Waals surface area (Å²) in [6, 6.07) is 9.02. The van der Waals surface area contributed by atoms with Gasteiger partial charge in [-0.3, -0.25) is 9.59 Å². The normalized spacial score (nSPS) is 31.5. The third-order valence-electron chi connectivity index (χ3n) is 6.10. The smallest absolute Gasteiger partial charge is 0.251 e. The lowest BCUT2D eigenvalue weighted by molar-refractivity contribution is -0.188. The van der Waals surface area contributed by atoms with Crippen molar-refractivity contribution in [2.24, 2.45) is 0 Å². The molecule has 2 aliphatic heterocycles. The van der Waals surface area contributed by atoms with E-state index in [1.807, 2.05) is 68.5 Å². The average Bonchev–Trinajstić information content (AvgIpc) is 3.30. The van der Waals surface area contributed by atoms with Gasteiger partial charge in [-0.2, -0.15) is 0 Å². The molecular weight excluding hydrogens is 444 g/mol. The Hall–Kier alpha value is -3.26. The second-order valence-corrected chi connectivity index (χ2v) is 9.33. The van der Waals surface area contributed by atoms with Crippen LogP contribution in [0.1, 0.15) is 30.6 Å². The summed E-state index contributed by atoms with van der Waals surface area (Å²) >= 11 is 0. The van der Waals surface area contributed by atoms with Gasteiger partial charge < -0.3 is 24.8 Å². The number of benzene rings is 1. The Morgan fingerprint density at radius 1 is 1.06 bits per heavy atom. The zero-order valence-corrected chi connectivity index (χ0v) is 20.2. The van der Waals surface area contributed by atoms with Crippen LogP contribution in [-0.2, 0) is 19.0 Å². The highest BCUT2D eigenvalue weighted by molar-refractivity contribution is 5.94. The highest BCUT2D eigenvalue weighted by Crippen LogP contribution is 2.43. The van der Waals surface area contributed by atoms with Gasteiger partial charge in [-0.15, -0.1) is 0 Å². The second-order valence-electron chi connectivity index (χ2n) is 9.33. The van der Waals surface area contributed by atoms with E-state index in [9.17, 15) is 9.59 Å². The molecule has 35 heavy (non-hydrogen) atoms. The molecule has 0 spiro atoms. The summed E-state index contributed by atoms with van der Waals surface area (Å²) < 4.78 is 18.4. The minimum absolute atomic E-state index is 0.175. The van der Waals surface area contributed by atoms with Crippen molar-refractivity contribution in [3.05, 3.63) is 96.2 Å². The molecule has 3 atom stereocenters. The molecule has 1 aromatic rings. The molecule has 2 fully saturated rings. The first-order valence-electron chi connectivity index (χ1n) is 11.8. The molecule has 184 valence electrons. The van der Waals surface area contributed by atoms with Crippen LogP contribution in [0.4, 0.5) is 0 Å². The minimum Gasteiger partial charge on any atom is -0.370 e. The van der Waals surface area contributed by atoms with Crippen LogP contribution in [0, 0.1) is 0 Å². The molecule has 0 radical (unpaired) electrons. The molecule has 1 aliphatic carbocycles. The van der Waals surface area contributed by atoms with E-state index in [-0.39, 0.29) is 31.5 Å². The molecule has 2 amide bonds. The SMILES string of the molecule is C=C1/C=C\C=C/C/C(C(=O)NC[C@H]2OC[C@]3(CNC(=O)c4ccccc4)OC(C)(C)O[C@H]23)=C\C=C/1. The van der Waals surface area contributed by atoms with Crippen LogP contribution < -0.4 is 10.6 Å². The topological polar surface area (TPSA) is 85.9 Å². The van der Waals surface area contributed by atoms with Crippen molar-refractivity contribution in [1.82, 2.24) is 10.6 Å². The first kappa shape index (κ1) is 24.9. The number of ether oxygens (including phenoxy) is 3. The standard InChI is InChI=1S/C28H32N2O5/c1-20-11-6-4-7-15-22(16-10-12-20)25(31)29-17-23-24-28(19-33-23,35-27(2,3)34-24)18-30-26(32)21-13-8-5-9-14-21/h4-14,16,23-24H,1,15,17-19H2,2-3H3,(H,29,31)(H,30,32)/b7-4-,11-6-,12-10-,22-16+/t23-,24-,28+/m1/s1. The van der Waals surface area contributed by atoms with Gasteiger partial charge in [-0.25, -0.2) is 0 Å². The molecule has 3 aliphatic rings. The van der Waals surface area contributed by atoms with E-state index in [0.717, 1.165) is 5.57 Å². The summed E-state index contributed by atoms with van der Waals surface area (Å²) in [6.45, 7) is 8.36. The van der Waals surface area contributed by atoms with Crippen molar-refractivity contribution in [2.75, 3.05) is 19.7 Å². The summed E-state index contributed by atoms with van der Waals surface area (Å²) in [7, 11) is 0. The van der Waals surface area contributed by atoms with E-state index >= 15 is 0 Å². The molecule has 0 bridgehead atoms. The molecule has 2 saturated heterocycles. The quantitative estimate of drug-likeness (QED) is 0.658. The zero-order chi connectivity index (χ0) is 24.9. The number of carbonyl (C=O) groups excluding carboxylic acids is 2. The minimum atomic E-state index is -0.836. The maximum absolute atomic E-state index is 12.9. The van der Waals surface area contributed by atoms with Crippen molar-refractivity contribution in [1.29, 1.82) is 0 Å². The van der Waals surface area contributed by atoms with Crippen LogP contribution >= 0.6 is 0 Å². The fraction of sp³-hybridized carbons (Fsp3) is 0.357. The highest BCUT2D eigenvalue weighted by atomic mass is 16.8. The maximum Gasteiger partial charge on any atom is 0.251 e. The molecule has 4 rings (SSSR count). The van der Waals surface area contributed by atoms with Crippen molar-refractivity contribution in [3.8, 4) is 0 Å². The first-order chi connectivity index (χ1) is 16.8. The van der Waals surface area contributed by atoms with E-state index < -0.39 is 23.6 Å². The van der Waals surface area contributed by atoms with Gasteiger partial charge in [0.15, 0.2) is 5.79 Å². The van der Waals surface area contributed by atoms with Gasteiger partial charge in [0.1, 0.15) is 17.8 Å². The third kappa shape index (κ3) is 6.06. The van der Waals surface area contributed by atoms with E-state index in [1.165, 1.54) is 0 Å². The van der Waals surface area contributed by atoms with Gasteiger partial charge in [0.2, 0.25) is 5.91 Å². The van der Waals surface area contributed by atoms with E-state index in [4.69, 9.17) is 14.2 Å². The van der Waals surface area contributed by atoms with Gasteiger partial charge in [0, 0.05) is 17.7 Å². The lowest BCUT2D eigenvalue weighted by Crippen LogP contribution is -2.52. The number of allylic oxidation sites excluding steroid dienone is 8. The Morgan fingerprint density at radius 3 is 2.63 bits per heavy atom. The average molecular weight is 477 g/mol. The summed E-state index contributed by atoms with van der Waals surface area (Å²) in [6.07, 6.45) is 12.7. The third-order valence-corrected chi connectivity index (χ3v) is 6.10. The van der Waals surface area contributed by atoms with Crippen molar-refractivity contribution < 1.29 is 23.8 Å². The lowest BCUT2D eigenvalue weighted by Gasteiger charge is -2.27. The van der Waals surface area contributed by atoms with Crippen LogP contribution in [0.2, 0.25) is 0 Å². The summed E-state index contributed by atoms with van der Waals surface area (Å²) in [4.78, 5) is 25.5.